The quantitative estimate of drug-likeness (QED) is 0.877. The van der Waals surface area contributed by atoms with Crippen molar-refractivity contribution < 1.29 is 14.0 Å². The van der Waals surface area contributed by atoms with Gasteiger partial charge in [0.2, 0.25) is 11.8 Å². The Kier molecular flexibility index (Phi) is 4.79. The fourth-order valence-corrected chi connectivity index (χ4v) is 2.71. The van der Waals surface area contributed by atoms with E-state index in [2.05, 4.69) is 5.32 Å². The second kappa shape index (κ2) is 6.56. The first kappa shape index (κ1) is 13.9. The number of nitrogens with zero attached hydrogens (tertiary/aromatic N) is 1. The van der Waals surface area contributed by atoms with E-state index in [4.69, 9.17) is 0 Å². The smallest absolute Gasteiger partial charge is 0.239 e. The third-order valence-electron chi connectivity index (χ3n) is 2.78. The molecule has 1 N–H and O–H groups in total. The number of amides is 2. The van der Waals surface area contributed by atoms with Gasteiger partial charge in [-0.25, -0.2) is 4.39 Å². The van der Waals surface area contributed by atoms with Crippen molar-refractivity contribution in [3.8, 4) is 0 Å². The van der Waals surface area contributed by atoms with E-state index in [1.165, 1.54) is 28.8 Å². The zero-order chi connectivity index (χ0) is 13.7. The van der Waals surface area contributed by atoms with E-state index in [-0.39, 0.29) is 24.2 Å². The van der Waals surface area contributed by atoms with Crippen LogP contribution in [0.5, 0.6) is 0 Å². The molecule has 2 amide bonds. The van der Waals surface area contributed by atoms with Crippen molar-refractivity contribution >= 4 is 23.6 Å². The van der Waals surface area contributed by atoms with E-state index in [1.807, 2.05) is 6.07 Å². The summed E-state index contributed by atoms with van der Waals surface area (Å²) in [4.78, 5) is 24.5. The van der Waals surface area contributed by atoms with Crippen LogP contribution in [0.15, 0.2) is 24.3 Å². The average molecular weight is 282 g/mol. The summed E-state index contributed by atoms with van der Waals surface area (Å²) in [5.74, 6) is 0.591. The number of hydrogen-bond donors (Lipinski definition) is 1. The maximum atomic E-state index is 12.9. The lowest BCUT2D eigenvalue weighted by Gasteiger charge is -2.14. The minimum Gasteiger partial charge on any atom is -0.354 e. The van der Waals surface area contributed by atoms with Crippen molar-refractivity contribution in [3.05, 3.63) is 35.6 Å². The van der Waals surface area contributed by atoms with Gasteiger partial charge in [-0.15, -0.1) is 11.8 Å². The molecule has 6 heteroatoms. The molecule has 0 unspecified atom stereocenters. The lowest BCUT2D eigenvalue weighted by Crippen LogP contribution is -2.38. The molecule has 0 spiro atoms. The lowest BCUT2D eigenvalue weighted by molar-refractivity contribution is -0.132. The molecule has 0 atom stereocenters. The van der Waals surface area contributed by atoms with E-state index < -0.39 is 0 Å². The minimum absolute atomic E-state index is 0.00489. The molecule has 1 saturated heterocycles. The summed E-state index contributed by atoms with van der Waals surface area (Å²) in [6.07, 6.45) is 0.576. The van der Waals surface area contributed by atoms with Gasteiger partial charge in [0.1, 0.15) is 12.4 Å². The Morgan fingerprint density at radius 1 is 1.47 bits per heavy atom. The summed E-state index contributed by atoms with van der Waals surface area (Å²) in [7, 11) is 0. The van der Waals surface area contributed by atoms with E-state index >= 15 is 0 Å². The Balaban J connectivity index is 1.70. The Bertz CT molecular complexity index is 481. The van der Waals surface area contributed by atoms with Gasteiger partial charge in [-0.1, -0.05) is 12.1 Å². The molecule has 0 radical (unpaired) electrons. The molecular formula is C13H15FN2O2S. The third-order valence-corrected chi connectivity index (χ3v) is 3.73. The van der Waals surface area contributed by atoms with Gasteiger partial charge in [-0.2, -0.15) is 0 Å². The molecule has 4 nitrogen and oxygen atoms in total. The summed E-state index contributed by atoms with van der Waals surface area (Å²) in [5, 5.41) is 2.73. The van der Waals surface area contributed by atoms with Gasteiger partial charge in [-0.3, -0.25) is 9.59 Å². The van der Waals surface area contributed by atoms with Crippen molar-refractivity contribution in [2.45, 2.75) is 6.42 Å². The molecule has 0 aromatic heterocycles. The van der Waals surface area contributed by atoms with Gasteiger partial charge < -0.3 is 10.2 Å². The van der Waals surface area contributed by atoms with E-state index in [1.54, 1.807) is 6.07 Å². The predicted molar refractivity (Wildman–Crippen MR) is 72.2 cm³/mol. The Morgan fingerprint density at radius 2 is 2.32 bits per heavy atom. The summed E-state index contributed by atoms with van der Waals surface area (Å²) in [5.41, 5.74) is 0.841. The van der Waals surface area contributed by atoms with Crippen LogP contribution in [0.3, 0.4) is 0 Å². The summed E-state index contributed by atoms with van der Waals surface area (Å²) < 4.78 is 12.9. The van der Waals surface area contributed by atoms with Crippen molar-refractivity contribution in [1.29, 1.82) is 0 Å². The van der Waals surface area contributed by atoms with Crippen molar-refractivity contribution in [2.75, 3.05) is 24.7 Å². The number of thioether (sulfide) groups is 1. The van der Waals surface area contributed by atoms with Gasteiger partial charge in [0.15, 0.2) is 0 Å². The second-order valence-corrected chi connectivity index (χ2v) is 5.25. The number of carbonyl (C=O) groups is 2. The number of carbonyl (C=O) groups excluding carboxylic acids is 2. The molecule has 1 aromatic carbocycles. The molecule has 0 bridgehead atoms. The molecular weight excluding hydrogens is 267 g/mol. The Labute approximate surface area is 115 Å². The number of rotatable bonds is 5. The van der Waals surface area contributed by atoms with Gasteiger partial charge in [0, 0.05) is 6.54 Å². The van der Waals surface area contributed by atoms with Crippen LogP contribution in [0.2, 0.25) is 0 Å². The number of benzene rings is 1. The highest BCUT2D eigenvalue weighted by Crippen LogP contribution is 2.13. The number of hydrogen-bond acceptors (Lipinski definition) is 3. The first-order valence-corrected chi connectivity index (χ1v) is 7.17. The number of halogens is 1. The first-order valence-electron chi connectivity index (χ1n) is 6.02. The zero-order valence-corrected chi connectivity index (χ0v) is 11.2. The predicted octanol–water partition coefficient (Wildman–Crippen LogP) is 1.02. The monoisotopic (exact) mass is 282 g/mol. The molecule has 1 aliphatic heterocycles. The highest BCUT2D eigenvalue weighted by atomic mass is 32.2. The summed E-state index contributed by atoms with van der Waals surface area (Å²) in [6, 6.07) is 6.30. The lowest BCUT2D eigenvalue weighted by atomic mass is 10.1. The minimum atomic E-state index is -0.275. The highest BCUT2D eigenvalue weighted by molar-refractivity contribution is 8.00. The van der Waals surface area contributed by atoms with E-state index in [0.29, 0.717) is 24.6 Å². The SMILES string of the molecule is O=C(CN1CSCC1=O)NCCc1cccc(F)c1. The van der Waals surface area contributed by atoms with Crippen LogP contribution in [0.1, 0.15) is 5.56 Å². The van der Waals surface area contributed by atoms with Crippen molar-refractivity contribution in [3.63, 3.8) is 0 Å². The van der Waals surface area contributed by atoms with Gasteiger partial charge in [-0.05, 0) is 24.1 Å². The third kappa shape index (κ3) is 4.24. The molecule has 0 aliphatic carbocycles. The molecule has 19 heavy (non-hydrogen) atoms. The maximum absolute atomic E-state index is 12.9. The van der Waals surface area contributed by atoms with Crippen LogP contribution in [-0.2, 0) is 16.0 Å². The molecule has 1 aliphatic rings. The largest absolute Gasteiger partial charge is 0.354 e. The van der Waals surface area contributed by atoms with Gasteiger partial charge in [0.05, 0.1) is 11.6 Å². The standard InChI is InChI=1S/C13H15FN2O2S/c14-11-3-1-2-10(6-11)4-5-15-12(17)7-16-9-19-8-13(16)18/h1-3,6H,4-5,7-9H2,(H,15,17). The highest BCUT2D eigenvalue weighted by Gasteiger charge is 2.22. The number of nitrogens with one attached hydrogen (secondary N) is 1. The molecule has 2 rings (SSSR count). The van der Waals surface area contributed by atoms with Crippen LogP contribution in [0, 0.1) is 5.82 Å². The summed E-state index contributed by atoms with van der Waals surface area (Å²) >= 11 is 1.51. The van der Waals surface area contributed by atoms with Gasteiger partial charge >= 0.3 is 0 Å². The molecule has 1 fully saturated rings. The van der Waals surface area contributed by atoms with Crippen LogP contribution < -0.4 is 5.32 Å². The van der Waals surface area contributed by atoms with Crippen LogP contribution >= 0.6 is 11.8 Å². The van der Waals surface area contributed by atoms with Crippen molar-refractivity contribution in [2.24, 2.45) is 0 Å². The normalized spacial score (nSPS) is 14.8. The summed E-state index contributed by atoms with van der Waals surface area (Å²) in [6.45, 7) is 0.548. The van der Waals surface area contributed by atoms with E-state index in [9.17, 15) is 14.0 Å². The first-order chi connectivity index (χ1) is 9.15. The van der Waals surface area contributed by atoms with Crippen LogP contribution in [-0.4, -0.2) is 41.4 Å². The van der Waals surface area contributed by atoms with Crippen molar-refractivity contribution in [1.82, 2.24) is 10.2 Å². The van der Waals surface area contributed by atoms with E-state index in [0.717, 1.165) is 5.56 Å². The molecule has 102 valence electrons. The Morgan fingerprint density at radius 3 is 3.00 bits per heavy atom. The topological polar surface area (TPSA) is 49.4 Å². The maximum Gasteiger partial charge on any atom is 0.239 e. The van der Waals surface area contributed by atoms with Gasteiger partial charge in [0.25, 0.3) is 0 Å². The molecule has 1 aromatic rings. The van der Waals surface area contributed by atoms with Crippen LogP contribution in [0.4, 0.5) is 4.39 Å². The average Bonchev–Trinajstić information content (AvgIpc) is 2.75. The molecule has 0 saturated carbocycles. The second-order valence-electron chi connectivity index (χ2n) is 4.30. The Hall–Kier alpha value is -1.56. The fourth-order valence-electron chi connectivity index (χ4n) is 1.81. The zero-order valence-electron chi connectivity index (χ0n) is 10.4. The fraction of sp³-hybridized carbons (Fsp3) is 0.385. The van der Waals surface area contributed by atoms with Crippen LogP contribution in [0.25, 0.3) is 0 Å². The molecule has 1 heterocycles.